The highest BCUT2D eigenvalue weighted by molar-refractivity contribution is 6.99. The number of aromatic nitrogens is 3. The first-order valence-electron chi connectivity index (χ1n) is 10.5. The van der Waals surface area contributed by atoms with Crippen molar-refractivity contribution in [2.75, 3.05) is 26.7 Å². The van der Waals surface area contributed by atoms with Crippen LogP contribution in [-0.4, -0.2) is 74.6 Å². The van der Waals surface area contributed by atoms with E-state index < -0.39 is 0 Å². The van der Waals surface area contributed by atoms with Gasteiger partial charge in [0.25, 0.3) is 12.4 Å². The molecule has 0 aromatic carbocycles. The fourth-order valence-electron chi connectivity index (χ4n) is 5.33. The van der Waals surface area contributed by atoms with Crippen molar-refractivity contribution >= 4 is 24.1 Å². The second-order valence-electron chi connectivity index (χ2n) is 8.42. The molecule has 3 fully saturated rings. The van der Waals surface area contributed by atoms with Crippen LogP contribution in [0.15, 0.2) is 18.3 Å². The van der Waals surface area contributed by atoms with Crippen LogP contribution < -0.4 is 10.1 Å². The van der Waals surface area contributed by atoms with Crippen LogP contribution in [-0.2, 0) is 16.1 Å². The Balaban J connectivity index is 0.000000775. The normalized spacial score (nSPS) is 28.0. The van der Waals surface area contributed by atoms with Gasteiger partial charge in [0.1, 0.15) is 0 Å². The second kappa shape index (κ2) is 9.47. The predicted molar refractivity (Wildman–Crippen MR) is 116 cm³/mol. The zero-order valence-corrected chi connectivity index (χ0v) is 18.9. The molecule has 3 aliphatic heterocycles. The largest absolute Gasteiger partial charge is 0.483 e. The third kappa shape index (κ3) is 4.32. The van der Waals surface area contributed by atoms with E-state index in [0.717, 1.165) is 44.2 Å². The van der Waals surface area contributed by atoms with Crippen molar-refractivity contribution in [3.05, 3.63) is 35.3 Å². The summed E-state index contributed by atoms with van der Waals surface area (Å²) in [4.78, 5) is 27.5. The monoisotopic (exact) mass is 461 g/mol. The Bertz CT molecular complexity index is 972. The molecule has 4 atom stereocenters. The highest BCUT2D eigenvalue weighted by atomic mass is 32.1. The summed E-state index contributed by atoms with van der Waals surface area (Å²) < 4.78 is 20.0. The van der Waals surface area contributed by atoms with Crippen LogP contribution in [0, 0.1) is 18.8 Å². The number of carboxylic acid groups (broad SMARTS) is 1. The van der Waals surface area contributed by atoms with E-state index in [2.05, 4.69) is 23.9 Å². The van der Waals surface area contributed by atoms with Crippen molar-refractivity contribution in [2.24, 2.45) is 11.8 Å². The maximum absolute atomic E-state index is 12.5. The lowest BCUT2D eigenvalue weighted by Gasteiger charge is -2.29. The summed E-state index contributed by atoms with van der Waals surface area (Å²) in [5.74, 6) is 1.30. The van der Waals surface area contributed by atoms with Crippen LogP contribution in [0.2, 0.25) is 0 Å². The molecule has 32 heavy (non-hydrogen) atoms. The van der Waals surface area contributed by atoms with E-state index in [-0.39, 0.29) is 24.1 Å². The Morgan fingerprint density at radius 2 is 2.31 bits per heavy atom. The Morgan fingerprint density at radius 1 is 1.50 bits per heavy atom. The molecule has 2 aromatic heterocycles. The average Bonchev–Trinajstić information content (AvgIpc) is 3.53. The van der Waals surface area contributed by atoms with E-state index in [1.54, 1.807) is 13.3 Å². The fraction of sp³-hybridized carbons (Fsp3) is 0.571. The van der Waals surface area contributed by atoms with Crippen molar-refractivity contribution in [1.82, 2.24) is 23.9 Å². The molecular weight excluding hydrogens is 434 g/mol. The molecule has 1 amide bonds. The SMILES string of the molecule is COc1cc(CN2C[C@@H]3[C@H](CNC(=O)c4nsnc4C)[C@H]4CC[C@]3(C2)O4)ccn1.O=CO. The van der Waals surface area contributed by atoms with E-state index in [0.29, 0.717) is 35.6 Å². The minimum atomic E-state index is -0.250. The molecule has 10 nitrogen and oxygen atoms in total. The summed E-state index contributed by atoms with van der Waals surface area (Å²) in [5.41, 5.74) is 2.26. The summed E-state index contributed by atoms with van der Waals surface area (Å²) in [6.45, 7) is 4.98. The van der Waals surface area contributed by atoms with Gasteiger partial charge in [-0.2, -0.15) is 8.75 Å². The number of rotatable bonds is 6. The number of carbonyl (C=O) groups excluding carboxylic acids is 1. The van der Waals surface area contributed by atoms with Gasteiger partial charge in [0, 0.05) is 50.3 Å². The van der Waals surface area contributed by atoms with Crippen LogP contribution in [0.4, 0.5) is 0 Å². The number of aryl methyl sites for hydroxylation is 1. The third-order valence-corrected chi connectivity index (χ3v) is 7.25. The standard InChI is InChI=1S/C20H25N5O3S.CH2O2/c1-12-18(24-29-23-12)19(26)22-8-14-15-10-25(11-20(15)5-3-16(14)28-20)9-13-4-6-21-17(7-13)27-2;2-1-3/h4,6-7,14-16H,3,5,8-11H2,1-2H3,(H,22,26);1H,(H,2,3)/t14-,15+,16+,20+;/m0./s1. The zero-order valence-electron chi connectivity index (χ0n) is 18.1. The number of nitrogens with one attached hydrogen (secondary N) is 1. The lowest BCUT2D eigenvalue weighted by Crippen LogP contribution is -2.42. The van der Waals surface area contributed by atoms with E-state index in [1.165, 1.54) is 5.56 Å². The molecule has 1 spiro atoms. The molecule has 5 rings (SSSR count). The first-order valence-corrected chi connectivity index (χ1v) is 11.3. The van der Waals surface area contributed by atoms with Gasteiger partial charge in [-0.25, -0.2) is 4.98 Å². The highest BCUT2D eigenvalue weighted by Crippen LogP contribution is 2.54. The Labute approximate surface area is 190 Å². The average molecular weight is 462 g/mol. The summed E-state index contributed by atoms with van der Waals surface area (Å²) in [6, 6.07) is 4.03. The number of amides is 1. The van der Waals surface area contributed by atoms with E-state index >= 15 is 0 Å². The van der Waals surface area contributed by atoms with Gasteiger partial charge in [-0.05, 0) is 31.4 Å². The summed E-state index contributed by atoms with van der Waals surface area (Å²) >= 11 is 1.08. The number of nitrogens with zero attached hydrogens (tertiary/aromatic N) is 4. The molecule has 0 unspecified atom stereocenters. The molecule has 3 aliphatic rings. The van der Waals surface area contributed by atoms with Crippen LogP contribution in [0.5, 0.6) is 5.88 Å². The van der Waals surface area contributed by atoms with Crippen LogP contribution in [0.25, 0.3) is 0 Å². The van der Waals surface area contributed by atoms with Crippen molar-refractivity contribution < 1.29 is 24.2 Å². The summed E-state index contributed by atoms with van der Waals surface area (Å²) in [6.07, 6.45) is 4.22. The molecule has 0 aliphatic carbocycles. The van der Waals surface area contributed by atoms with Gasteiger partial charge in [0.05, 0.1) is 36.2 Å². The third-order valence-electron chi connectivity index (χ3n) is 6.63. The van der Waals surface area contributed by atoms with Crippen molar-refractivity contribution in [3.63, 3.8) is 0 Å². The molecule has 2 bridgehead atoms. The predicted octanol–water partition coefficient (Wildman–Crippen LogP) is 1.36. The maximum Gasteiger partial charge on any atom is 0.290 e. The first kappa shape index (κ1) is 22.6. The minimum Gasteiger partial charge on any atom is -0.483 e. The van der Waals surface area contributed by atoms with Crippen LogP contribution in [0.1, 0.15) is 34.6 Å². The smallest absolute Gasteiger partial charge is 0.290 e. The molecular formula is C21H27N5O5S. The quantitative estimate of drug-likeness (QED) is 0.613. The first-order chi connectivity index (χ1) is 15.5. The van der Waals surface area contributed by atoms with Gasteiger partial charge in [-0.1, -0.05) is 0 Å². The van der Waals surface area contributed by atoms with Gasteiger partial charge in [0.2, 0.25) is 5.88 Å². The van der Waals surface area contributed by atoms with Gasteiger partial charge in [0.15, 0.2) is 5.69 Å². The zero-order chi connectivity index (χ0) is 22.7. The van der Waals surface area contributed by atoms with Crippen LogP contribution >= 0.6 is 11.7 Å². The number of carbonyl (C=O) groups is 2. The number of methoxy groups -OCH3 is 1. The molecule has 0 saturated carbocycles. The van der Waals surface area contributed by atoms with Crippen molar-refractivity contribution in [1.29, 1.82) is 0 Å². The molecule has 2 N–H and O–H groups in total. The molecule has 3 saturated heterocycles. The van der Waals surface area contributed by atoms with Gasteiger partial charge >= 0.3 is 0 Å². The van der Waals surface area contributed by atoms with E-state index in [4.69, 9.17) is 19.4 Å². The topological polar surface area (TPSA) is 127 Å². The molecule has 5 heterocycles. The summed E-state index contributed by atoms with van der Waals surface area (Å²) in [5, 5.41) is 9.97. The number of likely N-dealkylation sites (tertiary alicyclic amines) is 1. The van der Waals surface area contributed by atoms with Crippen molar-refractivity contribution in [2.45, 2.75) is 38.0 Å². The highest BCUT2D eigenvalue weighted by Gasteiger charge is 2.62. The Kier molecular flexibility index (Phi) is 6.68. The molecule has 2 aromatic rings. The number of fused-ring (bicyclic) bond motifs is 1. The minimum absolute atomic E-state index is 0.0602. The number of hydrogen-bond donors (Lipinski definition) is 2. The lowest BCUT2D eigenvalue weighted by molar-refractivity contribution is -0.122. The molecule has 172 valence electrons. The molecule has 0 radical (unpaired) electrons. The second-order valence-corrected chi connectivity index (χ2v) is 8.95. The number of pyridine rings is 1. The van der Waals surface area contributed by atoms with Gasteiger partial charge < -0.3 is 19.9 Å². The van der Waals surface area contributed by atoms with Gasteiger partial charge in [-0.3, -0.25) is 14.5 Å². The van der Waals surface area contributed by atoms with Crippen molar-refractivity contribution in [3.8, 4) is 5.88 Å². The summed E-state index contributed by atoms with van der Waals surface area (Å²) in [7, 11) is 1.64. The van der Waals surface area contributed by atoms with E-state index in [1.807, 2.05) is 19.1 Å². The maximum atomic E-state index is 12.5. The van der Waals surface area contributed by atoms with Gasteiger partial charge in [-0.15, -0.1) is 0 Å². The fourth-order valence-corrected chi connectivity index (χ4v) is 5.88. The number of hydrogen-bond acceptors (Lipinski definition) is 9. The Hall–Kier alpha value is -2.63. The Morgan fingerprint density at radius 3 is 3.03 bits per heavy atom. The van der Waals surface area contributed by atoms with Crippen LogP contribution in [0.3, 0.4) is 0 Å². The van der Waals surface area contributed by atoms with E-state index in [9.17, 15) is 4.79 Å². The lowest BCUT2D eigenvalue weighted by atomic mass is 9.73. The number of ether oxygens (including phenoxy) is 2. The molecule has 11 heteroatoms.